The molecule has 1 aliphatic heterocycles. The van der Waals surface area contributed by atoms with Crippen LogP contribution in [-0.2, 0) is 26.0 Å². The van der Waals surface area contributed by atoms with E-state index in [1.54, 1.807) is 24.0 Å². The fourth-order valence-corrected chi connectivity index (χ4v) is 4.62. The van der Waals surface area contributed by atoms with E-state index >= 15 is 0 Å². The van der Waals surface area contributed by atoms with Gasteiger partial charge in [-0.05, 0) is 48.7 Å². The number of benzene rings is 2. The normalized spacial score (nSPS) is 16.9. The standard InChI is InChI=1S/C22H27N3O4S/c1-5-16-7-6-8-19(11-16)25-14-17(12-21(25)26)22(27)23-18-10-9-15(2)20(13-18)30(28,29)24(3)4/h6-11,13,17H,5,12,14H2,1-4H3,(H,23,27). The van der Waals surface area contributed by atoms with Gasteiger partial charge in [0.2, 0.25) is 21.8 Å². The quantitative estimate of drug-likeness (QED) is 0.765. The number of carbonyl (C=O) groups excluding carboxylic acids is 2. The SMILES string of the molecule is CCc1cccc(N2CC(C(=O)Nc3ccc(C)c(S(=O)(=O)N(C)C)c3)CC2=O)c1. The predicted octanol–water partition coefficient (Wildman–Crippen LogP) is 2.80. The van der Waals surface area contributed by atoms with Crippen LogP contribution in [0.15, 0.2) is 47.4 Å². The molecular formula is C22H27N3O4S. The molecule has 8 heteroatoms. The van der Waals surface area contributed by atoms with Crippen LogP contribution in [0, 0.1) is 12.8 Å². The van der Waals surface area contributed by atoms with Crippen LogP contribution in [0.2, 0.25) is 0 Å². The monoisotopic (exact) mass is 429 g/mol. The van der Waals surface area contributed by atoms with Gasteiger partial charge in [0.05, 0.1) is 10.8 Å². The lowest BCUT2D eigenvalue weighted by molar-refractivity contribution is -0.122. The Kier molecular flexibility index (Phi) is 6.28. The molecule has 1 unspecified atom stereocenters. The van der Waals surface area contributed by atoms with Gasteiger partial charge in [-0.15, -0.1) is 0 Å². The Morgan fingerprint density at radius 3 is 2.60 bits per heavy atom. The number of hydrogen-bond donors (Lipinski definition) is 1. The first kappa shape index (κ1) is 22.0. The number of rotatable bonds is 6. The van der Waals surface area contributed by atoms with Crippen molar-refractivity contribution in [2.24, 2.45) is 5.92 Å². The van der Waals surface area contributed by atoms with Crippen molar-refractivity contribution in [1.82, 2.24) is 4.31 Å². The molecule has 1 fully saturated rings. The van der Waals surface area contributed by atoms with Crippen molar-refractivity contribution in [2.75, 3.05) is 30.9 Å². The largest absolute Gasteiger partial charge is 0.326 e. The second kappa shape index (κ2) is 8.57. The highest BCUT2D eigenvalue weighted by atomic mass is 32.2. The van der Waals surface area contributed by atoms with E-state index in [2.05, 4.69) is 5.32 Å². The molecule has 1 atom stereocenters. The highest BCUT2D eigenvalue weighted by molar-refractivity contribution is 7.89. The van der Waals surface area contributed by atoms with E-state index in [9.17, 15) is 18.0 Å². The molecule has 1 saturated heterocycles. The Bertz CT molecular complexity index is 1080. The van der Waals surface area contributed by atoms with Gasteiger partial charge in [-0.2, -0.15) is 0 Å². The van der Waals surface area contributed by atoms with Crippen molar-refractivity contribution < 1.29 is 18.0 Å². The molecule has 0 aromatic heterocycles. The smallest absolute Gasteiger partial charge is 0.242 e. The summed E-state index contributed by atoms with van der Waals surface area (Å²) in [6, 6.07) is 12.5. The minimum Gasteiger partial charge on any atom is -0.326 e. The number of nitrogens with zero attached hydrogens (tertiary/aromatic N) is 2. The van der Waals surface area contributed by atoms with Crippen molar-refractivity contribution in [3.8, 4) is 0 Å². The molecule has 7 nitrogen and oxygen atoms in total. The summed E-state index contributed by atoms with van der Waals surface area (Å²) in [6.45, 7) is 4.06. The maximum absolute atomic E-state index is 12.8. The van der Waals surface area contributed by atoms with E-state index in [1.807, 2.05) is 31.2 Å². The average Bonchev–Trinajstić information content (AvgIpc) is 3.11. The fraction of sp³-hybridized carbons (Fsp3) is 0.364. The molecule has 0 aliphatic carbocycles. The van der Waals surface area contributed by atoms with Crippen molar-refractivity contribution in [2.45, 2.75) is 31.6 Å². The van der Waals surface area contributed by atoms with E-state index in [-0.39, 0.29) is 23.1 Å². The van der Waals surface area contributed by atoms with Gasteiger partial charge in [0.15, 0.2) is 0 Å². The second-order valence-electron chi connectivity index (χ2n) is 7.69. The van der Waals surface area contributed by atoms with Gasteiger partial charge >= 0.3 is 0 Å². The number of nitrogens with one attached hydrogen (secondary N) is 1. The molecule has 0 bridgehead atoms. The lowest BCUT2D eigenvalue weighted by atomic mass is 10.1. The summed E-state index contributed by atoms with van der Waals surface area (Å²) in [6.07, 6.45) is 0.988. The van der Waals surface area contributed by atoms with E-state index in [4.69, 9.17) is 0 Å². The maximum Gasteiger partial charge on any atom is 0.242 e. The van der Waals surface area contributed by atoms with E-state index in [0.29, 0.717) is 17.8 Å². The zero-order valence-electron chi connectivity index (χ0n) is 17.7. The molecule has 2 aromatic carbocycles. The molecule has 2 aromatic rings. The highest BCUT2D eigenvalue weighted by Crippen LogP contribution is 2.28. The summed E-state index contributed by atoms with van der Waals surface area (Å²) in [4.78, 5) is 27.1. The maximum atomic E-state index is 12.8. The van der Waals surface area contributed by atoms with Gasteiger partial charge in [0.25, 0.3) is 0 Å². The lowest BCUT2D eigenvalue weighted by Gasteiger charge is -2.18. The zero-order chi connectivity index (χ0) is 22.1. The predicted molar refractivity (Wildman–Crippen MR) is 117 cm³/mol. The van der Waals surface area contributed by atoms with E-state index < -0.39 is 15.9 Å². The van der Waals surface area contributed by atoms with Crippen LogP contribution in [0.25, 0.3) is 0 Å². The first-order valence-electron chi connectivity index (χ1n) is 9.86. The van der Waals surface area contributed by atoms with Gasteiger partial charge in [-0.1, -0.05) is 25.1 Å². The Morgan fingerprint density at radius 1 is 1.20 bits per heavy atom. The van der Waals surface area contributed by atoms with Gasteiger partial charge in [0.1, 0.15) is 0 Å². The molecule has 1 N–H and O–H groups in total. The Balaban J connectivity index is 1.76. The molecule has 0 saturated carbocycles. The Morgan fingerprint density at radius 2 is 1.93 bits per heavy atom. The summed E-state index contributed by atoms with van der Waals surface area (Å²) < 4.78 is 26.1. The summed E-state index contributed by atoms with van der Waals surface area (Å²) in [5.74, 6) is -0.893. The van der Waals surface area contributed by atoms with Crippen LogP contribution in [0.4, 0.5) is 11.4 Å². The average molecular weight is 430 g/mol. The van der Waals surface area contributed by atoms with Gasteiger partial charge in [-0.3, -0.25) is 9.59 Å². The summed E-state index contributed by atoms with van der Waals surface area (Å²) in [7, 11) is -0.696. The minimum atomic E-state index is -3.63. The summed E-state index contributed by atoms with van der Waals surface area (Å²) in [5, 5.41) is 2.78. The van der Waals surface area contributed by atoms with Crippen molar-refractivity contribution in [3.05, 3.63) is 53.6 Å². The van der Waals surface area contributed by atoms with Crippen molar-refractivity contribution >= 4 is 33.2 Å². The lowest BCUT2D eigenvalue weighted by Crippen LogP contribution is -2.28. The van der Waals surface area contributed by atoms with E-state index in [0.717, 1.165) is 22.0 Å². The van der Waals surface area contributed by atoms with Crippen LogP contribution in [0.1, 0.15) is 24.5 Å². The Labute approximate surface area is 177 Å². The second-order valence-corrected chi connectivity index (χ2v) is 9.81. The third kappa shape index (κ3) is 4.39. The van der Waals surface area contributed by atoms with Crippen LogP contribution in [-0.4, -0.2) is 45.2 Å². The minimum absolute atomic E-state index is 0.0943. The number of sulfonamides is 1. The number of amides is 2. The third-order valence-electron chi connectivity index (χ3n) is 5.34. The van der Waals surface area contributed by atoms with Crippen molar-refractivity contribution in [3.63, 3.8) is 0 Å². The first-order valence-corrected chi connectivity index (χ1v) is 11.3. The van der Waals surface area contributed by atoms with Crippen LogP contribution in [0.5, 0.6) is 0 Å². The van der Waals surface area contributed by atoms with Crippen LogP contribution >= 0.6 is 0 Å². The number of aryl methyl sites for hydroxylation is 2. The molecule has 0 radical (unpaired) electrons. The highest BCUT2D eigenvalue weighted by Gasteiger charge is 2.35. The molecule has 2 amide bonds. The number of hydrogen-bond acceptors (Lipinski definition) is 4. The number of anilines is 2. The number of carbonyl (C=O) groups is 2. The zero-order valence-corrected chi connectivity index (χ0v) is 18.5. The van der Waals surface area contributed by atoms with Gasteiger partial charge in [-0.25, -0.2) is 12.7 Å². The van der Waals surface area contributed by atoms with Crippen molar-refractivity contribution in [1.29, 1.82) is 0 Å². The van der Waals surface area contributed by atoms with Crippen LogP contribution in [0.3, 0.4) is 0 Å². The molecule has 1 heterocycles. The van der Waals surface area contributed by atoms with Gasteiger partial charge < -0.3 is 10.2 Å². The molecule has 1 aliphatic rings. The van der Waals surface area contributed by atoms with Gasteiger partial charge in [0, 0.05) is 38.4 Å². The van der Waals surface area contributed by atoms with E-state index in [1.165, 1.54) is 20.2 Å². The molecule has 0 spiro atoms. The first-order chi connectivity index (χ1) is 14.1. The summed E-state index contributed by atoms with van der Waals surface area (Å²) in [5.41, 5.74) is 2.91. The fourth-order valence-electron chi connectivity index (χ4n) is 3.47. The molecule has 160 valence electrons. The Hall–Kier alpha value is -2.71. The molecule has 30 heavy (non-hydrogen) atoms. The summed E-state index contributed by atoms with van der Waals surface area (Å²) >= 11 is 0. The van der Waals surface area contributed by atoms with Crippen LogP contribution < -0.4 is 10.2 Å². The molecular weight excluding hydrogens is 402 g/mol. The topological polar surface area (TPSA) is 86.8 Å². The molecule has 3 rings (SSSR count). The third-order valence-corrected chi connectivity index (χ3v) is 7.30.